The van der Waals surface area contributed by atoms with E-state index < -0.39 is 0 Å². The minimum Gasteiger partial charge on any atom is -0.0586 e. The van der Waals surface area contributed by atoms with Crippen LogP contribution in [0.2, 0.25) is 0 Å². The Hall–Kier alpha value is -0.130. The Morgan fingerprint density at radius 1 is 1.67 bits per heavy atom. The van der Waals surface area contributed by atoms with Crippen LogP contribution in [0.3, 0.4) is 0 Å². The van der Waals surface area contributed by atoms with Crippen LogP contribution in [-0.4, -0.2) is 5.02 Å². The van der Waals surface area contributed by atoms with Crippen LogP contribution in [0, 0.1) is 5.92 Å². The van der Waals surface area contributed by atoms with Crippen LogP contribution in [0.15, 0.2) is 6.08 Å². The second-order valence-electron chi connectivity index (χ2n) is 1.53. The highest BCUT2D eigenvalue weighted by molar-refractivity contribution is 7.78. The first-order valence-electron chi connectivity index (χ1n) is 1.98. The fourth-order valence-electron chi connectivity index (χ4n) is 0.136. The fraction of sp³-hybridized carbons (Fsp3) is 0.600. The first-order valence-corrected chi connectivity index (χ1v) is 2.39. The molecule has 0 bridgehead atoms. The number of hydrogen-bond acceptors (Lipinski definition) is 1. The van der Waals surface area contributed by atoms with Gasteiger partial charge < -0.3 is 0 Å². The van der Waals surface area contributed by atoms with Crippen molar-refractivity contribution < 1.29 is 0 Å². The maximum absolute atomic E-state index is 4.42. The van der Waals surface area contributed by atoms with Gasteiger partial charge in [-0.25, -0.2) is 0 Å². The first-order chi connectivity index (χ1) is 2.77. The highest BCUT2D eigenvalue weighted by Gasteiger charge is 1.76. The van der Waals surface area contributed by atoms with Crippen LogP contribution in [-0.2, 0) is 0 Å². The van der Waals surface area contributed by atoms with E-state index in [-0.39, 0.29) is 0 Å². The molecule has 0 saturated heterocycles. The Morgan fingerprint density at radius 2 is 2.17 bits per heavy atom. The molecule has 1 heteroatoms. The molecule has 6 heavy (non-hydrogen) atoms. The average Bonchev–Trinajstić information content (AvgIpc) is 1.35. The molecular formula is C5H8S. The Bertz CT molecular complexity index is 68.0. The predicted molar refractivity (Wildman–Crippen MR) is 32.0 cm³/mol. The molecule has 0 heterocycles. The van der Waals surface area contributed by atoms with Crippen molar-refractivity contribution in [1.82, 2.24) is 0 Å². The molecule has 0 atom stereocenters. The van der Waals surface area contributed by atoms with Gasteiger partial charge in [-0.1, -0.05) is 18.9 Å². The lowest BCUT2D eigenvalue weighted by atomic mass is 10.2. The molecule has 0 spiro atoms. The molecule has 0 N–H and O–H groups in total. The average molecular weight is 100 g/mol. The second kappa shape index (κ2) is 3.08. The van der Waals surface area contributed by atoms with Crippen molar-refractivity contribution in [1.29, 1.82) is 0 Å². The van der Waals surface area contributed by atoms with E-state index in [0.29, 0.717) is 5.92 Å². The molecule has 0 fully saturated rings. The zero-order chi connectivity index (χ0) is 4.99. The summed E-state index contributed by atoms with van der Waals surface area (Å²) in [5.74, 6) is 0.558. The van der Waals surface area contributed by atoms with E-state index in [2.05, 4.69) is 31.1 Å². The van der Waals surface area contributed by atoms with Gasteiger partial charge in [0.2, 0.25) is 0 Å². The van der Waals surface area contributed by atoms with E-state index in [1.807, 2.05) is 6.08 Å². The molecule has 0 aromatic carbocycles. The molecule has 0 aromatic heterocycles. The second-order valence-corrected chi connectivity index (χ2v) is 1.76. The molecule has 0 aromatic rings. The molecule has 34 valence electrons. The maximum Gasteiger partial charge on any atom is -0.0206 e. The molecule has 0 aliphatic carbocycles. The van der Waals surface area contributed by atoms with Crippen LogP contribution < -0.4 is 0 Å². The highest BCUT2D eigenvalue weighted by atomic mass is 32.1. The SMILES string of the molecule is CC(C)C=C=S. The summed E-state index contributed by atoms with van der Waals surface area (Å²) in [7, 11) is 0. The highest BCUT2D eigenvalue weighted by Crippen LogP contribution is 1.87. The molecule has 0 radical (unpaired) electrons. The molecule has 0 amide bonds. The van der Waals surface area contributed by atoms with Gasteiger partial charge in [0.15, 0.2) is 0 Å². The van der Waals surface area contributed by atoms with E-state index in [1.54, 1.807) is 0 Å². The summed E-state index contributed by atoms with van der Waals surface area (Å²) in [5, 5.41) is 2.53. The largest absolute Gasteiger partial charge is 0.0586 e. The fourth-order valence-corrected chi connectivity index (χ4v) is 0.408. The Balaban J connectivity index is 3.29. The lowest BCUT2D eigenvalue weighted by molar-refractivity contribution is 0.840. The van der Waals surface area contributed by atoms with Crippen molar-refractivity contribution in [2.24, 2.45) is 5.92 Å². The summed E-state index contributed by atoms with van der Waals surface area (Å²) in [6, 6.07) is 0. The third-order valence-corrected chi connectivity index (χ3v) is 0.537. The zero-order valence-electron chi connectivity index (χ0n) is 4.06. The van der Waals surface area contributed by atoms with Crippen LogP contribution in [0.4, 0.5) is 0 Å². The van der Waals surface area contributed by atoms with Crippen molar-refractivity contribution in [3.05, 3.63) is 6.08 Å². The van der Waals surface area contributed by atoms with Crippen molar-refractivity contribution in [2.45, 2.75) is 13.8 Å². The van der Waals surface area contributed by atoms with Crippen molar-refractivity contribution in [3.8, 4) is 0 Å². The van der Waals surface area contributed by atoms with Gasteiger partial charge in [-0.3, -0.25) is 0 Å². The Labute approximate surface area is 43.9 Å². The van der Waals surface area contributed by atoms with Crippen LogP contribution in [0.25, 0.3) is 0 Å². The molecule has 0 unspecified atom stereocenters. The Morgan fingerprint density at radius 3 is 2.17 bits per heavy atom. The van der Waals surface area contributed by atoms with Crippen LogP contribution in [0.5, 0.6) is 0 Å². The van der Waals surface area contributed by atoms with Gasteiger partial charge >= 0.3 is 0 Å². The van der Waals surface area contributed by atoms with E-state index in [4.69, 9.17) is 0 Å². The van der Waals surface area contributed by atoms with Crippen LogP contribution in [0.1, 0.15) is 13.8 Å². The van der Waals surface area contributed by atoms with E-state index >= 15 is 0 Å². The van der Waals surface area contributed by atoms with Gasteiger partial charge in [-0.15, -0.1) is 0 Å². The van der Waals surface area contributed by atoms with Gasteiger partial charge in [0, 0.05) is 0 Å². The summed E-state index contributed by atoms with van der Waals surface area (Å²) in [6.07, 6.45) is 1.86. The van der Waals surface area contributed by atoms with E-state index in [0.717, 1.165) is 0 Å². The smallest absolute Gasteiger partial charge is 0.0206 e. The van der Waals surface area contributed by atoms with Gasteiger partial charge in [-0.05, 0) is 24.2 Å². The van der Waals surface area contributed by atoms with Crippen molar-refractivity contribution >= 4 is 17.2 Å². The number of hydrogen-bond donors (Lipinski definition) is 0. The minimum atomic E-state index is 0.558. The molecule has 0 nitrogen and oxygen atoms in total. The number of rotatable bonds is 1. The summed E-state index contributed by atoms with van der Waals surface area (Å²) in [6.45, 7) is 4.14. The monoisotopic (exact) mass is 100 g/mol. The Kier molecular flexibility index (Phi) is 3.01. The van der Waals surface area contributed by atoms with E-state index in [1.165, 1.54) is 0 Å². The predicted octanol–water partition coefficient (Wildman–Crippen LogP) is 1.80. The molecule has 0 aliphatic rings. The van der Waals surface area contributed by atoms with E-state index in [9.17, 15) is 0 Å². The van der Waals surface area contributed by atoms with Gasteiger partial charge in [0.1, 0.15) is 0 Å². The van der Waals surface area contributed by atoms with Gasteiger partial charge in [-0.2, -0.15) is 0 Å². The normalized spacial score (nSPS) is 7.83. The number of allylic oxidation sites excluding steroid dienone is 1. The summed E-state index contributed by atoms with van der Waals surface area (Å²) in [4.78, 5) is 0. The summed E-state index contributed by atoms with van der Waals surface area (Å²) < 4.78 is 0. The molecule has 0 aliphatic heterocycles. The lowest BCUT2D eigenvalue weighted by Gasteiger charge is -1.83. The van der Waals surface area contributed by atoms with Crippen molar-refractivity contribution in [3.63, 3.8) is 0 Å². The van der Waals surface area contributed by atoms with Crippen LogP contribution >= 0.6 is 12.2 Å². The van der Waals surface area contributed by atoms with Crippen molar-refractivity contribution in [2.75, 3.05) is 0 Å². The first kappa shape index (κ1) is 5.87. The third kappa shape index (κ3) is 3.87. The molecule has 0 saturated carbocycles. The maximum atomic E-state index is 4.42. The zero-order valence-corrected chi connectivity index (χ0v) is 4.88. The summed E-state index contributed by atoms with van der Waals surface area (Å²) in [5.41, 5.74) is 0. The molecule has 0 rings (SSSR count). The minimum absolute atomic E-state index is 0.558. The lowest BCUT2D eigenvalue weighted by Crippen LogP contribution is -1.73. The standard InChI is InChI=1S/C5H8S/c1-5(2)3-4-6/h3,5H,1-2H3. The quantitative estimate of drug-likeness (QED) is 0.453. The molecular weight excluding hydrogens is 92.1 g/mol. The van der Waals surface area contributed by atoms with Gasteiger partial charge in [0.25, 0.3) is 0 Å². The summed E-state index contributed by atoms with van der Waals surface area (Å²) >= 11 is 4.42. The van der Waals surface area contributed by atoms with Gasteiger partial charge in [0.05, 0.1) is 0 Å². The topological polar surface area (TPSA) is 0 Å². The number of thiocarbonyl (C=S) groups is 1. The third-order valence-electron chi connectivity index (χ3n) is 0.401.